The lowest BCUT2D eigenvalue weighted by Crippen LogP contribution is -2.40. The maximum Gasteiger partial charge on any atom is 0.332 e. The molecule has 0 bridgehead atoms. The van der Waals surface area contributed by atoms with Gasteiger partial charge in [0.1, 0.15) is 17.6 Å². The van der Waals surface area contributed by atoms with Gasteiger partial charge in [0.05, 0.1) is 12.1 Å². The second kappa shape index (κ2) is 7.26. The Kier molecular flexibility index (Phi) is 5.32. The molecule has 0 aliphatic carbocycles. The lowest BCUT2D eigenvalue weighted by molar-refractivity contribution is 0.239. The van der Waals surface area contributed by atoms with Crippen LogP contribution >= 0.6 is 0 Å². The van der Waals surface area contributed by atoms with Crippen molar-refractivity contribution in [1.29, 1.82) is 5.26 Å². The van der Waals surface area contributed by atoms with Crippen LogP contribution in [0.2, 0.25) is 0 Å². The van der Waals surface area contributed by atoms with Crippen LogP contribution in [0.5, 0.6) is 5.75 Å². The first kappa shape index (κ1) is 18.3. The van der Waals surface area contributed by atoms with E-state index in [4.69, 9.17) is 4.74 Å². The van der Waals surface area contributed by atoms with Gasteiger partial charge in [-0.05, 0) is 26.8 Å². The van der Waals surface area contributed by atoms with Gasteiger partial charge >= 0.3 is 5.69 Å². The third kappa shape index (κ3) is 3.58. The Balaban J connectivity index is 2.50. The van der Waals surface area contributed by atoms with E-state index in [1.165, 1.54) is 18.7 Å². The maximum absolute atomic E-state index is 12.2. The average Bonchev–Trinajstić information content (AvgIpc) is 2.58. The lowest BCUT2D eigenvalue weighted by Gasteiger charge is -2.22. The minimum Gasteiger partial charge on any atom is -0.491 e. The van der Waals surface area contributed by atoms with Gasteiger partial charge in [-0.2, -0.15) is 5.26 Å². The zero-order valence-corrected chi connectivity index (χ0v) is 15.0. The summed E-state index contributed by atoms with van der Waals surface area (Å²) in [6.07, 6.45) is 0.0106. The highest BCUT2D eigenvalue weighted by atomic mass is 16.5. The van der Waals surface area contributed by atoms with Gasteiger partial charge in [0, 0.05) is 19.7 Å². The molecule has 1 heterocycles. The quantitative estimate of drug-likeness (QED) is 0.897. The summed E-state index contributed by atoms with van der Waals surface area (Å²) in [5, 5.41) is 12.5. The molecule has 0 fully saturated rings. The highest BCUT2D eigenvalue weighted by Crippen LogP contribution is 2.28. The molecule has 1 N–H and O–H groups in total. The minimum atomic E-state index is -0.619. The maximum atomic E-state index is 12.2. The first-order valence-electron chi connectivity index (χ1n) is 8.00. The molecule has 1 atom stereocenters. The molecule has 1 aromatic carbocycles. The van der Waals surface area contributed by atoms with Gasteiger partial charge < -0.3 is 10.1 Å². The Morgan fingerprint density at radius 2 is 1.76 bits per heavy atom. The van der Waals surface area contributed by atoms with E-state index in [9.17, 15) is 14.9 Å². The fraction of sp³-hybridized carbons (Fsp3) is 0.389. The van der Waals surface area contributed by atoms with Gasteiger partial charge in [-0.1, -0.05) is 18.2 Å². The van der Waals surface area contributed by atoms with Gasteiger partial charge in [-0.3, -0.25) is 13.9 Å². The molecule has 0 saturated heterocycles. The Bertz CT molecular complexity index is 935. The number of para-hydroxylation sites is 1. The fourth-order valence-electron chi connectivity index (χ4n) is 2.60. The summed E-state index contributed by atoms with van der Waals surface area (Å²) in [5.74, 6) is 0.910. The molecule has 0 radical (unpaired) electrons. The summed E-state index contributed by atoms with van der Waals surface area (Å²) in [4.78, 5) is 24.3. The van der Waals surface area contributed by atoms with Gasteiger partial charge in [-0.15, -0.1) is 0 Å². The van der Waals surface area contributed by atoms with Crippen LogP contribution in [0.4, 0.5) is 5.82 Å². The molecule has 7 nitrogen and oxygen atoms in total. The smallest absolute Gasteiger partial charge is 0.332 e. The lowest BCUT2D eigenvalue weighted by atomic mass is 10.1. The number of benzene rings is 1. The summed E-state index contributed by atoms with van der Waals surface area (Å²) in [7, 11) is 2.87. The van der Waals surface area contributed by atoms with Crippen LogP contribution in [0.25, 0.3) is 0 Å². The minimum absolute atomic E-state index is 0.0106. The molecule has 2 rings (SSSR count). The summed E-state index contributed by atoms with van der Waals surface area (Å²) in [5.41, 5.74) is -0.343. The number of hydrogen-bond acceptors (Lipinski definition) is 5. The summed E-state index contributed by atoms with van der Waals surface area (Å²) < 4.78 is 8.01. The molecule has 0 saturated carbocycles. The second-order valence-electron chi connectivity index (χ2n) is 6.11. The Morgan fingerprint density at radius 1 is 1.12 bits per heavy atom. The van der Waals surface area contributed by atoms with E-state index in [1.54, 1.807) is 0 Å². The monoisotopic (exact) mass is 342 g/mol. The molecule has 1 aromatic heterocycles. The summed E-state index contributed by atoms with van der Waals surface area (Å²) >= 11 is 0. The van der Waals surface area contributed by atoms with Gasteiger partial charge in [0.2, 0.25) is 0 Å². The van der Waals surface area contributed by atoms with Crippen molar-refractivity contribution < 1.29 is 4.74 Å². The van der Waals surface area contributed by atoms with E-state index < -0.39 is 11.2 Å². The highest BCUT2D eigenvalue weighted by molar-refractivity contribution is 5.53. The number of nitrogens with one attached hydrogen (secondary N) is 1. The number of anilines is 1. The zero-order chi connectivity index (χ0) is 18.7. The largest absolute Gasteiger partial charge is 0.491 e. The number of nitriles is 1. The first-order chi connectivity index (χ1) is 11.8. The van der Waals surface area contributed by atoms with E-state index in [1.807, 2.05) is 51.1 Å². The molecule has 2 aromatic rings. The molecule has 0 spiro atoms. The van der Waals surface area contributed by atoms with E-state index >= 15 is 0 Å². The van der Waals surface area contributed by atoms with Gasteiger partial charge in [0.15, 0.2) is 5.56 Å². The van der Waals surface area contributed by atoms with Crippen LogP contribution in [0, 0.1) is 11.3 Å². The van der Waals surface area contributed by atoms with Crippen molar-refractivity contribution in [2.75, 3.05) is 5.32 Å². The average molecular weight is 342 g/mol. The number of aromatic nitrogens is 2. The predicted octanol–water partition coefficient (Wildman–Crippen LogP) is 1.92. The van der Waals surface area contributed by atoms with Gasteiger partial charge in [-0.25, -0.2) is 4.79 Å². The molecule has 25 heavy (non-hydrogen) atoms. The number of nitrogens with zero attached hydrogens (tertiary/aromatic N) is 3. The Labute approximate surface area is 146 Å². The molecule has 0 amide bonds. The van der Waals surface area contributed by atoms with E-state index in [0.29, 0.717) is 5.75 Å². The van der Waals surface area contributed by atoms with Crippen LogP contribution < -0.4 is 21.3 Å². The first-order valence-corrected chi connectivity index (χ1v) is 8.00. The molecule has 0 aliphatic heterocycles. The topological polar surface area (TPSA) is 89.1 Å². The summed E-state index contributed by atoms with van der Waals surface area (Å²) in [6.45, 7) is 5.76. The SMILES string of the molecule is CC(C)Oc1ccccc1C(C)Nc1c(C#N)c(=O)n(C)c(=O)n1C. The van der Waals surface area contributed by atoms with Crippen LogP contribution in [0.15, 0.2) is 33.9 Å². The number of ether oxygens (including phenoxy) is 1. The Hall–Kier alpha value is -3.01. The van der Waals surface area contributed by atoms with Crippen molar-refractivity contribution in [2.45, 2.75) is 32.9 Å². The van der Waals surface area contributed by atoms with Crippen molar-refractivity contribution in [3.8, 4) is 11.8 Å². The van der Waals surface area contributed by atoms with E-state index in [0.717, 1.165) is 10.1 Å². The second-order valence-corrected chi connectivity index (χ2v) is 6.11. The molecular formula is C18H22N4O3. The van der Waals surface area contributed by atoms with Crippen molar-refractivity contribution in [2.24, 2.45) is 14.1 Å². The normalized spacial score (nSPS) is 11.9. The number of hydrogen-bond donors (Lipinski definition) is 1. The van der Waals surface area contributed by atoms with Crippen molar-refractivity contribution >= 4 is 5.82 Å². The standard InChI is InChI=1S/C18H22N4O3/c1-11(2)25-15-9-7-6-8-13(15)12(3)20-16-14(10-19)17(23)22(5)18(24)21(16)4/h6-9,11-12,20H,1-5H3. The third-order valence-corrected chi connectivity index (χ3v) is 3.88. The van der Waals surface area contributed by atoms with Gasteiger partial charge in [0.25, 0.3) is 5.56 Å². The molecular weight excluding hydrogens is 320 g/mol. The van der Waals surface area contributed by atoms with Crippen LogP contribution in [-0.2, 0) is 14.1 Å². The highest BCUT2D eigenvalue weighted by Gasteiger charge is 2.19. The van der Waals surface area contributed by atoms with Crippen LogP contribution in [0.3, 0.4) is 0 Å². The third-order valence-electron chi connectivity index (χ3n) is 3.88. The summed E-state index contributed by atoms with van der Waals surface area (Å²) in [6, 6.07) is 9.14. The molecule has 0 aliphatic rings. The van der Waals surface area contributed by atoms with E-state index in [-0.39, 0.29) is 23.5 Å². The van der Waals surface area contributed by atoms with Crippen LogP contribution in [0.1, 0.15) is 37.9 Å². The molecule has 1 unspecified atom stereocenters. The fourth-order valence-corrected chi connectivity index (χ4v) is 2.60. The molecule has 7 heteroatoms. The molecule has 132 valence electrons. The van der Waals surface area contributed by atoms with E-state index in [2.05, 4.69) is 5.32 Å². The van der Waals surface area contributed by atoms with Crippen molar-refractivity contribution in [3.63, 3.8) is 0 Å². The predicted molar refractivity (Wildman–Crippen MR) is 95.9 cm³/mol. The van der Waals surface area contributed by atoms with Crippen molar-refractivity contribution in [1.82, 2.24) is 9.13 Å². The number of rotatable bonds is 5. The van der Waals surface area contributed by atoms with Crippen LogP contribution in [-0.4, -0.2) is 15.2 Å². The Morgan fingerprint density at radius 3 is 2.36 bits per heavy atom. The zero-order valence-electron chi connectivity index (χ0n) is 15.0. The van der Waals surface area contributed by atoms with Crippen molar-refractivity contribution in [3.05, 3.63) is 56.2 Å².